The lowest BCUT2D eigenvalue weighted by Gasteiger charge is -2.19. The second-order valence-corrected chi connectivity index (χ2v) is 5.03. The monoisotopic (exact) mass is 295 g/mol. The zero-order chi connectivity index (χ0) is 15.2. The van der Waals surface area contributed by atoms with Crippen molar-refractivity contribution in [2.24, 2.45) is 0 Å². The third-order valence-electron chi connectivity index (χ3n) is 3.52. The lowest BCUT2D eigenvalue weighted by molar-refractivity contribution is 0.202. The largest absolute Gasteiger partial charge is 0.491 e. The second kappa shape index (κ2) is 7.26. The summed E-state index contributed by atoms with van der Waals surface area (Å²) in [5.41, 5.74) is 0.920. The summed E-state index contributed by atoms with van der Waals surface area (Å²) < 4.78 is 19.1. The van der Waals surface area contributed by atoms with Crippen molar-refractivity contribution in [2.45, 2.75) is 19.9 Å². The van der Waals surface area contributed by atoms with Gasteiger partial charge in [0, 0.05) is 30.8 Å². The van der Waals surface area contributed by atoms with E-state index >= 15 is 0 Å². The van der Waals surface area contributed by atoms with Gasteiger partial charge in [0.05, 0.1) is 6.54 Å². The molecule has 2 rings (SSSR count). The number of benzene rings is 1. The van der Waals surface area contributed by atoms with Gasteiger partial charge in [-0.25, -0.2) is 9.18 Å². The maximum Gasteiger partial charge on any atom is 0.317 e. The first-order valence-corrected chi connectivity index (χ1v) is 7.30. The molecule has 1 saturated heterocycles. The van der Waals surface area contributed by atoms with Gasteiger partial charge in [-0.15, -0.1) is 0 Å². The normalized spacial score (nSPS) is 16.0. The molecule has 2 amide bonds. The Bertz CT molecular complexity index is 496. The summed E-state index contributed by atoms with van der Waals surface area (Å²) in [5, 5.41) is 6.02. The Labute approximate surface area is 124 Å². The Morgan fingerprint density at radius 3 is 3.00 bits per heavy atom. The van der Waals surface area contributed by atoms with Crippen LogP contribution in [0.4, 0.5) is 9.18 Å². The van der Waals surface area contributed by atoms with Crippen molar-refractivity contribution in [3.63, 3.8) is 0 Å². The van der Waals surface area contributed by atoms with Crippen molar-refractivity contribution in [3.8, 4) is 5.75 Å². The molecule has 0 spiro atoms. The summed E-state index contributed by atoms with van der Waals surface area (Å²) in [6.45, 7) is 7.06. The molecule has 1 fully saturated rings. The van der Waals surface area contributed by atoms with Gasteiger partial charge in [-0.2, -0.15) is 0 Å². The van der Waals surface area contributed by atoms with E-state index in [1.807, 2.05) is 13.8 Å². The first kappa shape index (κ1) is 15.6. The summed E-state index contributed by atoms with van der Waals surface area (Å²) in [7, 11) is 0. The predicted molar refractivity (Wildman–Crippen MR) is 79.0 cm³/mol. The summed E-state index contributed by atoms with van der Waals surface area (Å²) in [6.07, 6.45) is 0. The SMILES string of the molecule is CCNC(C)c1ccc(F)cc1OCCN1CCNC1=O. The van der Waals surface area contributed by atoms with Gasteiger partial charge in [0.15, 0.2) is 0 Å². The molecule has 6 heteroatoms. The molecular formula is C15H22FN3O2. The lowest BCUT2D eigenvalue weighted by atomic mass is 10.1. The fourth-order valence-corrected chi connectivity index (χ4v) is 2.40. The third-order valence-corrected chi connectivity index (χ3v) is 3.52. The number of hydrogen-bond donors (Lipinski definition) is 2. The molecule has 1 aromatic carbocycles. The first-order chi connectivity index (χ1) is 10.1. The van der Waals surface area contributed by atoms with Crippen molar-refractivity contribution in [1.82, 2.24) is 15.5 Å². The number of carbonyl (C=O) groups is 1. The Hall–Kier alpha value is -1.82. The summed E-state index contributed by atoms with van der Waals surface area (Å²) in [4.78, 5) is 13.1. The molecule has 0 bridgehead atoms. The average Bonchev–Trinajstić information content (AvgIpc) is 2.85. The number of nitrogens with zero attached hydrogens (tertiary/aromatic N) is 1. The predicted octanol–water partition coefficient (Wildman–Crippen LogP) is 1.90. The van der Waals surface area contributed by atoms with Gasteiger partial charge < -0.3 is 20.3 Å². The zero-order valence-corrected chi connectivity index (χ0v) is 12.5. The van der Waals surface area contributed by atoms with Crippen LogP contribution < -0.4 is 15.4 Å². The van der Waals surface area contributed by atoms with Crippen LogP contribution in [0.2, 0.25) is 0 Å². The lowest BCUT2D eigenvalue weighted by Crippen LogP contribution is -2.32. The number of hydrogen-bond acceptors (Lipinski definition) is 3. The molecule has 5 nitrogen and oxygen atoms in total. The zero-order valence-electron chi connectivity index (χ0n) is 12.5. The van der Waals surface area contributed by atoms with Crippen molar-refractivity contribution < 1.29 is 13.9 Å². The molecule has 1 unspecified atom stereocenters. The Morgan fingerprint density at radius 2 is 2.33 bits per heavy atom. The molecule has 0 aliphatic carbocycles. The van der Waals surface area contributed by atoms with Crippen LogP contribution in [0.25, 0.3) is 0 Å². The van der Waals surface area contributed by atoms with Crippen molar-refractivity contribution in [3.05, 3.63) is 29.6 Å². The topological polar surface area (TPSA) is 53.6 Å². The fraction of sp³-hybridized carbons (Fsp3) is 0.533. The fourth-order valence-electron chi connectivity index (χ4n) is 2.40. The highest BCUT2D eigenvalue weighted by Gasteiger charge is 2.19. The molecule has 2 N–H and O–H groups in total. The van der Waals surface area contributed by atoms with Gasteiger partial charge in [0.25, 0.3) is 0 Å². The molecule has 0 radical (unpaired) electrons. The number of carbonyl (C=O) groups excluding carboxylic acids is 1. The maximum absolute atomic E-state index is 13.4. The van der Waals surface area contributed by atoms with Crippen LogP contribution in [0.15, 0.2) is 18.2 Å². The van der Waals surface area contributed by atoms with Crippen LogP contribution in [-0.2, 0) is 0 Å². The number of ether oxygens (including phenoxy) is 1. The minimum atomic E-state index is -0.323. The number of rotatable bonds is 7. The molecule has 116 valence electrons. The van der Waals surface area contributed by atoms with Crippen molar-refractivity contribution in [1.29, 1.82) is 0 Å². The van der Waals surface area contributed by atoms with E-state index in [0.29, 0.717) is 32.0 Å². The summed E-state index contributed by atoms with van der Waals surface area (Å²) in [5.74, 6) is 0.208. The average molecular weight is 295 g/mol. The highest BCUT2D eigenvalue weighted by atomic mass is 19.1. The number of amides is 2. The molecule has 0 aromatic heterocycles. The first-order valence-electron chi connectivity index (χ1n) is 7.30. The van der Waals surface area contributed by atoms with Crippen LogP contribution in [0.5, 0.6) is 5.75 Å². The second-order valence-electron chi connectivity index (χ2n) is 5.03. The Morgan fingerprint density at radius 1 is 1.52 bits per heavy atom. The van der Waals surface area contributed by atoms with Crippen LogP contribution in [0, 0.1) is 5.82 Å². The minimum Gasteiger partial charge on any atom is -0.491 e. The van der Waals surface area contributed by atoms with E-state index in [2.05, 4.69) is 10.6 Å². The van der Waals surface area contributed by atoms with Crippen molar-refractivity contribution in [2.75, 3.05) is 32.8 Å². The minimum absolute atomic E-state index is 0.0703. The summed E-state index contributed by atoms with van der Waals surface area (Å²) in [6, 6.07) is 4.58. The van der Waals surface area contributed by atoms with E-state index in [4.69, 9.17) is 4.74 Å². The molecule has 1 aromatic rings. The number of urea groups is 1. The van der Waals surface area contributed by atoms with Crippen LogP contribution in [0.3, 0.4) is 0 Å². The van der Waals surface area contributed by atoms with Crippen molar-refractivity contribution >= 4 is 6.03 Å². The third kappa shape index (κ3) is 4.07. The van der Waals surface area contributed by atoms with Gasteiger partial charge in [0.2, 0.25) is 0 Å². The van der Waals surface area contributed by atoms with Gasteiger partial charge in [-0.1, -0.05) is 13.0 Å². The molecule has 1 aliphatic heterocycles. The summed E-state index contributed by atoms with van der Waals surface area (Å²) >= 11 is 0. The maximum atomic E-state index is 13.4. The van der Waals surface area contributed by atoms with E-state index in [-0.39, 0.29) is 17.9 Å². The van der Waals surface area contributed by atoms with Gasteiger partial charge in [-0.3, -0.25) is 0 Å². The molecule has 21 heavy (non-hydrogen) atoms. The van der Waals surface area contributed by atoms with E-state index in [1.54, 1.807) is 11.0 Å². The molecule has 1 aliphatic rings. The van der Waals surface area contributed by atoms with E-state index in [0.717, 1.165) is 12.1 Å². The Balaban J connectivity index is 1.97. The molecular weight excluding hydrogens is 273 g/mol. The van der Waals surface area contributed by atoms with Gasteiger partial charge >= 0.3 is 6.03 Å². The van der Waals surface area contributed by atoms with Crippen LogP contribution >= 0.6 is 0 Å². The van der Waals surface area contributed by atoms with Gasteiger partial charge in [0.1, 0.15) is 18.2 Å². The van der Waals surface area contributed by atoms with E-state index in [9.17, 15) is 9.18 Å². The van der Waals surface area contributed by atoms with E-state index in [1.165, 1.54) is 12.1 Å². The standard InChI is InChI=1S/C15H22FN3O2/c1-3-17-11(2)13-5-4-12(16)10-14(13)21-9-8-19-7-6-18-15(19)20/h4-5,10-11,17H,3,6-9H2,1-2H3,(H,18,20). The highest BCUT2D eigenvalue weighted by Crippen LogP contribution is 2.26. The van der Waals surface area contributed by atoms with Crippen LogP contribution in [0.1, 0.15) is 25.5 Å². The quantitative estimate of drug-likeness (QED) is 0.808. The van der Waals surface area contributed by atoms with Crippen LogP contribution in [-0.4, -0.2) is 43.7 Å². The smallest absolute Gasteiger partial charge is 0.317 e. The van der Waals surface area contributed by atoms with E-state index < -0.39 is 0 Å². The molecule has 1 heterocycles. The number of halogens is 1. The molecule has 0 saturated carbocycles. The number of nitrogens with one attached hydrogen (secondary N) is 2. The van der Waals surface area contributed by atoms with Gasteiger partial charge in [-0.05, 0) is 19.5 Å². The highest BCUT2D eigenvalue weighted by molar-refractivity contribution is 5.76. The molecule has 1 atom stereocenters. The Kier molecular flexibility index (Phi) is 5.38.